The molecule has 8 heteroatoms. The monoisotopic (exact) mass is 442 g/mol. The summed E-state index contributed by atoms with van der Waals surface area (Å²) in [6.45, 7) is 0.784. The molecule has 0 amide bonds. The largest absolute Gasteiger partial charge is 0.384 e. The average molecular weight is 443 g/mol. The second-order valence-corrected chi connectivity index (χ2v) is 11.5. The number of nitrogens with two attached hydrogens (primary N) is 1. The minimum absolute atomic E-state index is 0.0893. The van der Waals surface area contributed by atoms with Crippen LogP contribution in [0.25, 0.3) is 11.3 Å². The maximum atomic E-state index is 13.3. The Kier molecular flexibility index (Phi) is 4.90. The van der Waals surface area contributed by atoms with E-state index in [1.807, 2.05) is 12.1 Å². The van der Waals surface area contributed by atoms with Crippen molar-refractivity contribution < 1.29 is 8.42 Å². The summed E-state index contributed by atoms with van der Waals surface area (Å²) in [4.78, 5) is 15.7. The van der Waals surface area contributed by atoms with Crippen molar-refractivity contribution in [2.75, 3.05) is 18.6 Å². The van der Waals surface area contributed by atoms with Crippen molar-refractivity contribution in [1.82, 2.24) is 14.8 Å². The predicted molar refractivity (Wildman–Crippen MR) is 123 cm³/mol. The molecule has 166 valence electrons. The second kappa shape index (κ2) is 7.38. The number of pyridine rings is 1. The molecule has 7 nitrogen and oxygen atoms in total. The van der Waals surface area contributed by atoms with Crippen LogP contribution in [0.15, 0.2) is 40.5 Å². The van der Waals surface area contributed by atoms with Crippen molar-refractivity contribution in [3.63, 3.8) is 0 Å². The van der Waals surface area contributed by atoms with Crippen molar-refractivity contribution in [3.8, 4) is 0 Å². The Morgan fingerprint density at radius 2 is 1.94 bits per heavy atom. The Hall–Kier alpha value is -2.32. The maximum absolute atomic E-state index is 13.3. The number of nitrogens with one attached hydrogen (secondary N) is 1. The Morgan fingerprint density at radius 1 is 1.19 bits per heavy atom. The molecule has 3 N–H and O–H groups in total. The minimum Gasteiger partial charge on any atom is -0.384 e. The van der Waals surface area contributed by atoms with Crippen molar-refractivity contribution in [1.29, 1.82) is 0 Å². The van der Waals surface area contributed by atoms with Gasteiger partial charge in [0.15, 0.2) is 9.84 Å². The Morgan fingerprint density at radius 3 is 2.65 bits per heavy atom. The third-order valence-electron chi connectivity index (χ3n) is 7.06. The average Bonchev–Trinajstić information content (AvgIpc) is 3.01. The first-order valence-electron chi connectivity index (χ1n) is 11.0. The minimum atomic E-state index is -3.27. The zero-order valence-corrected chi connectivity index (χ0v) is 18.9. The van der Waals surface area contributed by atoms with Gasteiger partial charge in [-0.05, 0) is 61.0 Å². The summed E-state index contributed by atoms with van der Waals surface area (Å²) in [6.07, 6.45) is 12.3. The van der Waals surface area contributed by atoms with Crippen molar-refractivity contribution in [2.24, 2.45) is 12.8 Å². The molecule has 3 heterocycles. The smallest absolute Gasteiger partial charge is 0.260 e. The van der Waals surface area contributed by atoms with Gasteiger partial charge in [-0.1, -0.05) is 0 Å². The maximum Gasteiger partial charge on any atom is 0.260 e. The van der Waals surface area contributed by atoms with Crippen molar-refractivity contribution in [3.05, 3.63) is 57.2 Å². The Balaban J connectivity index is 1.69. The standard InChI is InChI=1S/C23H30N4O3S/c1-26-10-8-18-15(13-31(2,29)30)11-14-12-27(17-5-3-16(24)4-6-17)19-7-9-25-22(20(14)19)21(18)23(26)28/h8,10-12,16-17,19,25H,3-7,9,13,24H2,1-2H3. The molecule has 0 spiro atoms. The summed E-state index contributed by atoms with van der Waals surface area (Å²) in [5, 5.41) is 3.50. The fraction of sp³-hybridized carbons (Fsp3) is 0.522. The van der Waals surface area contributed by atoms with Gasteiger partial charge in [-0.2, -0.15) is 0 Å². The SMILES string of the molecule is Cn1ccc2c(c1=O)C1=C3C(=CN(C4CCC(N)CC4)C3CCN1)C=C2CS(C)(=O)=O. The van der Waals surface area contributed by atoms with Crippen LogP contribution < -0.4 is 16.6 Å². The highest BCUT2D eigenvalue weighted by Gasteiger charge is 2.40. The van der Waals surface area contributed by atoms with Gasteiger partial charge in [0, 0.05) is 49.9 Å². The molecule has 1 saturated carbocycles. The quantitative estimate of drug-likeness (QED) is 0.734. The molecule has 0 saturated heterocycles. The van der Waals surface area contributed by atoms with Gasteiger partial charge >= 0.3 is 0 Å². The molecule has 2 aliphatic heterocycles. The number of hydrogen-bond donors (Lipinski definition) is 2. The van der Waals surface area contributed by atoms with Crippen LogP contribution in [-0.2, 0) is 16.9 Å². The highest BCUT2D eigenvalue weighted by atomic mass is 32.2. The van der Waals surface area contributed by atoms with E-state index in [1.54, 1.807) is 17.8 Å². The van der Waals surface area contributed by atoms with Gasteiger partial charge in [-0.15, -0.1) is 0 Å². The summed E-state index contributed by atoms with van der Waals surface area (Å²) >= 11 is 0. The number of sulfone groups is 1. The van der Waals surface area contributed by atoms with Crippen LogP contribution in [0.2, 0.25) is 0 Å². The fourth-order valence-corrected chi connectivity index (χ4v) is 6.40. The van der Waals surface area contributed by atoms with Gasteiger partial charge < -0.3 is 20.5 Å². The fourth-order valence-electron chi connectivity index (χ4n) is 5.60. The zero-order chi connectivity index (χ0) is 21.9. The second-order valence-electron chi connectivity index (χ2n) is 9.38. The van der Waals surface area contributed by atoms with E-state index in [1.165, 1.54) is 6.26 Å². The topological polar surface area (TPSA) is 97.4 Å². The Labute approximate surface area is 183 Å². The third-order valence-corrected chi connectivity index (χ3v) is 7.89. The molecule has 1 aromatic rings. The highest BCUT2D eigenvalue weighted by Crippen LogP contribution is 2.44. The molecule has 1 unspecified atom stereocenters. The first-order valence-corrected chi connectivity index (χ1v) is 13.1. The van der Waals surface area contributed by atoms with Crippen LogP contribution in [-0.4, -0.2) is 54.6 Å². The number of hydrogen-bond acceptors (Lipinski definition) is 6. The summed E-state index contributed by atoms with van der Waals surface area (Å²) in [5.74, 6) is -0.0893. The van der Waals surface area contributed by atoms with E-state index >= 15 is 0 Å². The summed E-state index contributed by atoms with van der Waals surface area (Å²) in [7, 11) is -1.53. The van der Waals surface area contributed by atoms with Crippen LogP contribution in [0.4, 0.5) is 0 Å². The van der Waals surface area contributed by atoms with Gasteiger partial charge in [-0.25, -0.2) is 8.42 Å². The molecular formula is C23H30N4O3S. The normalized spacial score (nSPS) is 27.7. The molecule has 0 bridgehead atoms. The predicted octanol–water partition coefficient (Wildman–Crippen LogP) is 1.37. The van der Waals surface area contributed by atoms with E-state index in [2.05, 4.69) is 16.4 Å². The van der Waals surface area contributed by atoms with E-state index in [9.17, 15) is 13.2 Å². The zero-order valence-electron chi connectivity index (χ0n) is 18.1. The number of aromatic nitrogens is 1. The molecular weight excluding hydrogens is 412 g/mol. The molecule has 1 aromatic heterocycles. The van der Waals surface area contributed by atoms with E-state index in [0.717, 1.165) is 61.1 Å². The Bertz CT molecular complexity index is 1180. The van der Waals surface area contributed by atoms with Crippen LogP contribution in [0.3, 0.4) is 0 Å². The molecule has 4 aliphatic rings. The van der Waals surface area contributed by atoms with Crippen LogP contribution in [0.1, 0.15) is 43.2 Å². The van der Waals surface area contributed by atoms with Crippen LogP contribution in [0, 0.1) is 0 Å². The molecule has 0 aromatic carbocycles. The lowest BCUT2D eigenvalue weighted by atomic mass is 9.88. The first-order chi connectivity index (χ1) is 14.7. The number of nitrogens with zero attached hydrogens (tertiary/aromatic N) is 2. The van der Waals surface area contributed by atoms with E-state index in [-0.39, 0.29) is 23.4 Å². The lowest BCUT2D eigenvalue weighted by molar-refractivity contribution is 0.176. The molecule has 0 radical (unpaired) electrons. The van der Waals surface area contributed by atoms with Crippen molar-refractivity contribution >= 4 is 21.1 Å². The highest BCUT2D eigenvalue weighted by molar-refractivity contribution is 7.91. The summed E-state index contributed by atoms with van der Waals surface area (Å²) in [6, 6.07) is 2.79. The lowest BCUT2D eigenvalue weighted by Gasteiger charge is -2.40. The van der Waals surface area contributed by atoms with Gasteiger partial charge in [0.05, 0.1) is 23.1 Å². The number of fused-ring (bicyclic) bond motifs is 2. The van der Waals surface area contributed by atoms with Crippen LogP contribution in [0.5, 0.6) is 0 Å². The molecule has 1 fully saturated rings. The third kappa shape index (κ3) is 3.55. The first kappa shape index (κ1) is 20.6. The number of rotatable bonds is 3. The summed E-state index contributed by atoms with van der Waals surface area (Å²) in [5.41, 5.74) is 11.1. The number of allylic oxidation sites excluding steroid dienone is 1. The van der Waals surface area contributed by atoms with Crippen LogP contribution >= 0.6 is 0 Å². The van der Waals surface area contributed by atoms with E-state index in [4.69, 9.17) is 5.73 Å². The molecule has 2 aliphatic carbocycles. The molecule has 31 heavy (non-hydrogen) atoms. The van der Waals surface area contributed by atoms with Gasteiger partial charge in [0.1, 0.15) is 0 Å². The molecule has 5 rings (SSSR count). The van der Waals surface area contributed by atoms with E-state index < -0.39 is 9.84 Å². The lowest BCUT2D eigenvalue weighted by Crippen LogP contribution is -2.45. The van der Waals surface area contributed by atoms with Gasteiger partial charge in [0.25, 0.3) is 5.56 Å². The number of aryl methyl sites for hydroxylation is 1. The van der Waals surface area contributed by atoms with Gasteiger partial charge in [-0.3, -0.25) is 4.79 Å². The summed E-state index contributed by atoms with van der Waals surface area (Å²) < 4.78 is 26.1. The molecule has 1 atom stereocenters. The van der Waals surface area contributed by atoms with Crippen molar-refractivity contribution in [2.45, 2.75) is 50.2 Å². The van der Waals surface area contributed by atoms with Gasteiger partial charge in [0.2, 0.25) is 0 Å². The van der Waals surface area contributed by atoms with E-state index in [0.29, 0.717) is 17.2 Å².